The molecule has 0 aliphatic carbocycles. The van der Waals surface area contributed by atoms with Gasteiger partial charge in [-0.05, 0) is 44.5 Å². The van der Waals surface area contributed by atoms with Crippen LogP contribution in [-0.2, 0) is 9.53 Å². The van der Waals surface area contributed by atoms with Crippen LogP contribution in [0.1, 0.15) is 36.3 Å². The van der Waals surface area contributed by atoms with Gasteiger partial charge in [0, 0.05) is 11.7 Å². The molecule has 5 nitrogen and oxygen atoms in total. The van der Waals surface area contributed by atoms with Crippen molar-refractivity contribution in [2.24, 2.45) is 5.73 Å². The Morgan fingerprint density at radius 1 is 1.38 bits per heavy atom. The van der Waals surface area contributed by atoms with Gasteiger partial charge in [0.2, 0.25) is 0 Å². The molecule has 1 atom stereocenters. The van der Waals surface area contributed by atoms with Crippen molar-refractivity contribution in [1.82, 2.24) is 9.78 Å². The Morgan fingerprint density at radius 3 is 2.76 bits per heavy atom. The number of ether oxygens (including phenoxy) is 1. The van der Waals surface area contributed by atoms with Crippen LogP contribution >= 0.6 is 0 Å². The second-order valence-electron chi connectivity index (χ2n) is 5.05. The van der Waals surface area contributed by atoms with Crippen molar-refractivity contribution < 1.29 is 9.53 Å². The molecule has 2 rings (SSSR count). The largest absolute Gasteiger partial charge is 0.466 e. The van der Waals surface area contributed by atoms with Crippen molar-refractivity contribution in [3.63, 3.8) is 0 Å². The van der Waals surface area contributed by atoms with Crippen molar-refractivity contribution >= 4 is 5.97 Å². The molecule has 1 heterocycles. The van der Waals surface area contributed by atoms with Gasteiger partial charge < -0.3 is 10.5 Å². The van der Waals surface area contributed by atoms with Gasteiger partial charge in [-0.1, -0.05) is 12.1 Å². The molecule has 5 heteroatoms. The Morgan fingerprint density at radius 2 is 2.14 bits per heavy atom. The molecule has 2 aromatic rings. The van der Waals surface area contributed by atoms with E-state index in [-0.39, 0.29) is 18.4 Å². The van der Waals surface area contributed by atoms with E-state index >= 15 is 0 Å². The van der Waals surface area contributed by atoms with Crippen LogP contribution in [0.25, 0.3) is 5.69 Å². The predicted octanol–water partition coefficient (Wildman–Crippen LogP) is 2.44. The van der Waals surface area contributed by atoms with E-state index in [9.17, 15) is 4.79 Å². The molecule has 0 radical (unpaired) electrons. The van der Waals surface area contributed by atoms with Gasteiger partial charge in [0.15, 0.2) is 0 Å². The Hall–Kier alpha value is -2.14. The van der Waals surface area contributed by atoms with Gasteiger partial charge >= 0.3 is 5.97 Å². The smallest absolute Gasteiger partial charge is 0.307 e. The standard InChI is InChI=1S/C16H21N3O2/c1-4-21-16(20)10-15(17)13-6-5-7-14(9-13)19-12(3)8-11(2)18-19/h5-9,15H,4,10,17H2,1-3H3/t15-/m0/s1. The molecule has 0 spiro atoms. The summed E-state index contributed by atoms with van der Waals surface area (Å²) >= 11 is 0. The van der Waals surface area contributed by atoms with Crippen molar-refractivity contribution in [3.05, 3.63) is 47.3 Å². The fourth-order valence-corrected chi connectivity index (χ4v) is 2.29. The zero-order valence-electron chi connectivity index (χ0n) is 12.7. The van der Waals surface area contributed by atoms with E-state index in [1.807, 2.05) is 48.9 Å². The van der Waals surface area contributed by atoms with E-state index in [0.29, 0.717) is 6.61 Å². The summed E-state index contributed by atoms with van der Waals surface area (Å²) < 4.78 is 6.81. The molecule has 0 saturated heterocycles. The third-order valence-corrected chi connectivity index (χ3v) is 3.24. The average molecular weight is 287 g/mol. The number of nitrogens with zero attached hydrogens (tertiary/aromatic N) is 2. The number of benzene rings is 1. The van der Waals surface area contributed by atoms with Gasteiger partial charge in [0.05, 0.1) is 24.4 Å². The first-order chi connectivity index (χ1) is 10.0. The monoisotopic (exact) mass is 287 g/mol. The van der Waals surface area contributed by atoms with E-state index in [0.717, 1.165) is 22.6 Å². The van der Waals surface area contributed by atoms with Gasteiger partial charge in [-0.2, -0.15) is 5.10 Å². The van der Waals surface area contributed by atoms with Crippen LogP contribution < -0.4 is 5.73 Å². The van der Waals surface area contributed by atoms with E-state index in [1.165, 1.54) is 0 Å². The summed E-state index contributed by atoms with van der Waals surface area (Å²) in [7, 11) is 0. The van der Waals surface area contributed by atoms with Crippen LogP contribution in [0.2, 0.25) is 0 Å². The van der Waals surface area contributed by atoms with Crippen molar-refractivity contribution in [2.45, 2.75) is 33.2 Å². The van der Waals surface area contributed by atoms with Gasteiger partial charge in [0.1, 0.15) is 0 Å². The van der Waals surface area contributed by atoms with Gasteiger partial charge in [0.25, 0.3) is 0 Å². The minimum atomic E-state index is -0.374. The molecule has 0 aliphatic heterocycles. The molecular weight excluding hydrogens is 266 g/mol. The van der Waals surface area contributed by atoms with E-state index in [2.05, 4.69) is 5.10 Å². The van der Waals surface area contributed by atoms with Crippen LogP contribution in [-0.4, -0.2) is 22.4 Å². The minimum absolute atomic E-state index is 0.175. The number of nitrogens with two attached hydrogens (primary N) is 1. The molecule has 21 heavy (non-hydrogen) atoms. The minimum Gasteiger partial charge on any atom is -0.466 e. The Kier molecular flexibility index (Phi) is 4.75. The number of esters is 1. The molecule has 0 unspecified atom stereocenters. The lowest BCUT2D eigenvalue weighted by atomic mass is 10.0. The summed E-state index contributed by atoms with van der Waals surface area (Å²) in [5.74, 6) is -0.276. The molecule has 0 bridgehead atoms. The lowest BCUT2D eigenvalue weighted by Crippen LogP contribution is -2.17. The zero-order chi connectivity index (χ0) is 15.4. The lowest BCUT2D eigenvalue weighted by Gasteiger charge is -2.13. The predicted molar refractivity (Wildman–Crippen MR) is 81.2 cm³/mol. The first kappa shape index (κ1) is 15.3. The zero-order valence-corrected chi connectivity index (χ0v) is 12.7. The Balaban J connectivity index is 2.21. The lowest BCUT2D eigenvalue weighted by molar-refractivity contribution is -0.143. The second kappa shape index (κ2) is 6.54. The molecule has 112 valence electrons. The fraction of sp³-hybridized carbons (Fsp3) is 0.375. The number of hydrogen-bond donors (Lipinski definition) is 1. The highest BCUT2D eigenvalue weighted by Crippen LogP contribution is 2.19. The van der Waals surface area contributed by atoms with Gasteiger partial charge in [-0.25, -0.2) is 4.68 Å². The number of rotatable bonds is 5. The van der Waals surface area contributed by atoms with Crippen LogP contribution in [0.15, 0.2) is 30.3 Å². The van der Waals surface area contributed by atoms with Crippen LogP contribution in [0.4, 0.5) is 0 Å². The summed E-state index contributed by atoms with van der Waals surface area (Å²) in [6, 6.07) is 9.42. The highest BCUT2D eigenvalue weighted by atomic mass is 16.5. The number of hydrogen-bond acceptors (Lipinski definition) is 4. The topological polar surface area (TPSA) is 70.1 Å². The number of aryl methyl sites for hydroxylation is 2. The van der Waals surface area contributed by atoms with Crippen LogP contribution in [0.5, 0.6) is 0 Å². The molecule has 1 aromatic heterocycles. The number of carbonyl (C=O) groups excluding carboxylic acids is 1. The SMILES string of the molecule is CCOC(=O)C[C@H](N)c1cccc(-n2nc(C)cc2C)c1. The second-order valence-corrected chi connectivity index (χ2v) is 5.05. The summed E-state index contributed by atoms with van der Waals surface area (Å²) in [4.78, 5) is 11.5. The maximum absolute atomic E-state index is 11.5. The highest BCUT2D eigenvalue weighted by molar-refractivity contribution is 5.70. The molecular formula is C16H21N3O2. The summed E-state index contributed by atoms with van der Waals surface area (Å²) in [5.41, 5.74) is 9.95. The maximum Gasteiger partial charge on any atom is 0.307 e. The number of carbonyl (C=O) groups is 1. The Labute approximate surface area is 124 Å². The van der Waals surface area contributed by atoms with Gasteiger partial charge in [-0.15, -0.1) is 0 Å². The van der Waals surface area contributed by atoms with Crippen molar-refractivity contribution in [1.29, 1.82) is 0 Å². The normalized spacial score (nSPS) is 12.2. The quantitative estimate of drug-likeness (QED) is 0.857. The van der Waals surface area contributed by atoms with Crippen LogP contribution in [0, 0.1) is 13.8 Å². The molecule has 0 amide bonds. The first-order valence-corrected chi connectivity index (χ1v) is 7.06. The van der Waals surface area contributed by atoms with E-state index < -0.39 is 0 Å². The summed E-state index contributed by atoms with van der Waals surface area (Å²) in [6.45, 7) is 6.12. The third-order valence-electron chi connectivity index (χ3n) is 3.24. The fourth-order valence-electron chi connectivity index (χ4n) is 2.29. The van der Waals surface area contributed by atoms with E-state index in [1.54, 1.807) is 6.92 Å². The Bertz CT molecular complexity index is 634. The van der Waals surface area contributed by atoms with Gasteiger partial charge in [-0.3, -0.25) is 4.79 Å². The van der Waals surface area contributed by atoms with Crippen LogP contribution in [0.3, 0.4) is 0 Å². The molecule has 0 aliphatic rings. The van der Waals surface area contributed by atoms with Crippen molar-refractivity contribution in [2.75, 3.05) is 6.61 Å². The molecule has 1 aromatic carbocycles. The van der Waals surface area contributed by atoms with Crippen molar-refractivity contribution in [3.8, 4) is 5.69 Å². The average Bonchev–Trinajstić information content (AvgIpc) is 2.78. The first-order valence-electron chi connectivity index (χ1n) is 7.06. The maximum atomic E-state index is 11.5. The highest BCUT2D eigenvalue weighted by Gasteiger charge is 2.13. The third kappa shape index (κ3) is 3.70. The molecule has 2 N–H and O–H groups in total. The molecule has 0 fully saturated rings. The summed E-state index contributed by atoms with van der Waals surface area (Å²) in [6.07, 6.45) is 0.175. The number of aromatic nitrogens is 2. The summed E-state index contributed by atoms with van der Waals surface area (Å²) in [5, 5.41) is 4.46. The van der Waals surface area contributed by atoms with E-state index in [4.69, 9.17) is 10.5 Å². The molecule has 0 saturated carbocycles.